The Hall–Kier alpha value is -2.63. The molecule has 1 aromatic carbocycles. The van der Waals surface area contributed by atoms with E-state index in [-0.39, 0.29) is 17.8 Å². The van der Waals surface area contributed by atoms with Crippen LogP contribution < -0.4 is 10.1 Å². The van der Waals surface area contributed by atoms with Crippen LogP contribution in [0.4, 0.5) is 9.18 Å². The van der Waals surface area contributed by atoms with Gasteiger partial charge in [0.15, 0.2) is 11.6 Å². The number of benzene rings is 1. The van der Waals surface area contributed by atoms with Gasteiger partial charge in [-0.1, -0.05) is 18.2 Å². The summed E-state index contributed by atoms with van der Waals surface area (Å²) in [6.45, 7) is 0.907. The number of nitrogens with one attached hydrogen (secondary N) is 1. The first kappa shape index (κ1) is 16.2. The SMILES string of the molecule is CN(Cc1cccnc1)C(=O)NC1CCCOc2c(F)cccc21. The summed E-state index contributed by atoms with van der Waals surface area (Å²) in [5.41, 5.74) is 1.64. The van der Waals surface area contributed by atoms with Gasteiger partial charge in [0, 0.05) is 31.5 Å². The van der Waals surface area contributed by atoms with E-state index in [4.69, 9.17) is 4.74 Å². The van der Waals surface area contributed by atoms with Gasteiger partial charge in [0.05, 0.1) is 12.6 Å². The van der Waals surface area contributed by atoms with E-state index in [0.29, 0.717) is 25.1 Å². The molecule has 2 heterocycles. The maximum absolute atomic E-state index is 14.0. The van der Waals surface area contributed by atoms with Crippen molar-refractivity contribution in [3.63, 3.8) is 0 Å². The van der Waals surface area contributed by atoms with Gasteiger partial charge < -0.3 is 15.0 Å². The fraction of sp³-hybridized carbons (Fsp3) is 0.333. The molecule has 0 aliphatic carbocycles. The van der Waals surface area contributed by atoms with Gasteiger partial charge in [-0.25, -0.2) is 9.18 Å². The van der Waals surface area contributed by atoms with Crippen molar-refractivity contribution >= 4 is 6.03 Å². The van der Waals surface area contributed by atoms with Crippen LogP contribution >= 0.6 is 0 Å². The molecule has 6 heteroatoms. The van der Waals surface area contributed by atoms with Crippen molar-refractivity contribution in [1.29, 1.82) is 0 Å². The summed E-state index contributed by atoms with van der Waals surface area (Å²) in [5, 5.41) is 2.98. The molecule has 126 valence electrons. The number of carbonyl (C=O) groups is 1. The second kappa shape index (κ2) is 7.29. The lowest BCUT2D eigenvalue weighted by Gasteiger charge is -2.23. The molecule has 1 N–H and O–H groups in total. The number of hydrogen-bond acceptors (Lipinski definition) is 3. The van der Waals surface area contributed by atoms with Crippen molar-refractivity contribution in [2.75, 3.05) is 13.7 Å². The summed E-state index contributed by atoms with van der Waals surface area (Å²) in [5.74, 6) is -0.146. The zero-order chi connectivity index (χ0) is 16.9. The maximum Gasteiger partial charge on any atom is 0.317 e. The highest BCUT2D eigenvalue weighted by molar-refractivity contribution is 5.74. The van der Waals surface area contributed by atoms with Gasteiger partial charge in [-0.15, -0.1) is 0 Å². The van der Waals surface area contributed by atoms with Gasteiger partial charge >= 0.3 is 6.03 Å². The molecule has 1 aliphatic heterocycles. The molecule has 2 aromatic rings. The molecule has 0 saturated heterocycles. The lowest BCUT2D eigenvalue weighted by atomic mass is 10.0. The molecule has 0 radical (unpaired) electrons. The lowest BCUT2D eigenvalue weighted by molar-refractivity contribution is 0.202. The van der Waals surface area contributed by atoms with Crippen molar-refractivity contribution in [2.24, 2.45) is 0 Å². The minimum Gasteiger partial charge on any atom is -0.490 e. The third-order valence-corrected chi connectivity index (χ3v) is 4.04. The number of amides is 2. The Labute approximate surface area is 140 Å². The fourth-order valence-corrected chi connectivity index (χ4v) is 2.82. The second-order valence-corrected chi connectivity index (χ2v) is 5.87. The first-order chi connectivity index (χ1) is 11.6. The smallest absolute Gasteiger partial charge is 0.317 e. The number of urea groups is 1. The molecular formula is C18H20FN3O2. The number of hydrogen-bond donors (Lipinski definition) is 1. The van der Waals surface area contributed by atoms with Gasteiger partial charge in [-0.2, -0.15) is 0 Å². The van der Waals surface area contributed by atoms with Crippen LogP contribution in [0.2, 0.25) is 0 Å². The Kier molecular flexibility index (Phi) is 4.93. The summed E-state index contributed by atoms with van der Waals surface area (Å²) in [6, 6.07) is 8.10. The Morgan fingerprint density at radius 3 is 3.08 bits per heavy atom. The quantitative estimate of drug-likeness (QED) is 0.940. The van der Waals surface area contributed by atoms with Crippen molar-refractivity contribution in [3.05, 3.63) is 59.7 Å². The number of pyridine rings is 1. The minimum atomic E-state index is -0.391. The predicted molar refractivity (Wildman–Crippen MR) is 88.1 cm³/mol. The molecule has 0 saturated carbocycles. The number of ether oxygens (including phenoxy) is 1. The van der Waals surface area contributed by atoms with Crippen LogP contribution in [0.5, 0.6) is 5.75 Å². The summed E-state index contributed by atoms with van der Waals surface area (Å²) >= 11 is 0. The molecule has 0 spiro atoms. The third-order valence-electron chi connectivity index (χ3n) is 4.04. The van der Waals surface area contributed by atoms with Crippen LogP contribution in [0.15, 0.2) is 42.7 Å². The molecule has 2 amide bonds. The molecule has 1 aliphatic rings. The summed E-state index contributed by atoms with van der Waals surface area (Å²) in [7, 11) is 1.72. The highest BCUT2D eigenvalue weighted by Crippen LogP contribution is 2.33. The number of halogens is 1. The summed E-state index contributed by atoms with van der Waals surface area (Å²) in [6.07, 6.45) is 4.89. The average molecular weight is 329 g/mol. The Morgan fingerprint density at radius 2 is 2.29 bits per heavy atom. The topological polar surface area (TPSA) is 54.5 Å². The molecule has 3 rings (SSSR count). The van der Waals surface area contributed by atoms with Crippen LogP contribution in [-0.2, 0) is 6.54 Å². The van der Waals surface area contributed by atoms with Crippen LogP contribution in [0.3, 0.4) is 0 Å². The van der Waals surface area contributed by atoms with E-state index in [0.717, 1.165) is 12.0 Å². The Balaban J connectivity index is 1.71. The normalized spacial score (nSPS) is 16.5. The first-order valence-electron chi connectivity index (χ1n) is 7.97. The van der Waals surface area contributed by atoms with Crippen molar-refractivity contribution in [2.45, 2.75) is 25.4 Å². The van der Waals surface area contributed by atoms with Crippen LogP contribution in [0.25, 0.3) is 0 Å². The number of aromatic nitrogens is 1. The number of para-hydroxylation sites is 1. The monoisotopic (exact) mass is 329 g/mol. The van der Waals surface area contributed by atoms with Gasteiger partial charge in [-0.05, 0) is 30.5 Å². The van der Waals surface area contributed by atoms with E-state index in [1.54, 1.807) is 36.5 Å². The molecular weight excluding hydrogens is 309 g/mol. The number of fused-ring (bicyclic) bond motifs is 1. The summed E-state index contributed by atoms with van der Waals surface area (Å²) in [4.78, 5) is 18.1. The van der Waals surface area contributed by atoms with Crippen LogP contribution in [-0.4, -0.2) is 29.6 Å². The van der Waals surface area contributed by atoms with Crippen LogP contribution in [0, 0.1) is 5.82 Å². The average Bonchev–Trinajstić information content (AvgIpc) is 2.79. The van der Waals surface area contributed by atoms with E-state index in [2.05, 4.69) is 10.3 Å². The van der Waals surface area contributed by atoms with E-state index in [1.165, 1.54) is 6.07 Å². The van der Waals surface area contributed by atoms with E-state index in [1.807, 2.05) is 12.1 Å². The van der Waals surface area contributed by atoms with Crippen LogP contribution in [0.1, 0.15) is 30.0 Å². The van der Waals surface area contributed by atoms with Crippen molar-refractivity contribution in [1.82, 2.24) is 15.2 Å². The maximum atomic E-state index is 14.0. The highest BCUT2D eigenvalue weighted by Gasteiger charge is 2.24. The standard InChI is InChI=1S/C18H20FN3O2/c1-22(12-13-5-3-9-20-11-13)18(23)21-16-8-4-10-24-17-14(16)6-2-7-15(17)19/h2-3,5-7,9,11,16H,4,8,10,12H2,1H3,(H,21,23). The van der Waals surface area contributed by atoms with Gasteiger partial charge in [0.25, 0.3) is 0 Å². The molecule has 1 aromatic heterocycles. The molecule has 0 fully saturated rings. The number of carbonyl (C=O) groups excluding carboxylic acids is 1. The lowest BCUT2D eigenvalue weighted by Crippen LogP contribution is -2.39. The summed E-state index contributed by atoms with van der Waals surface area (Å²) < 4.78 is 19.5. The Bertz CT molecular complexity index is 709. The fourth-order valence-electron chi connectivity index (χ4n) is 2.82. The predicted octanol–water partition coefficient (Wildman–Crippen LogP) is 3.28. The largest absolute Gasteiger partial charge is 0.490 e. The van der Waals surface area contributed by atoms with E-state index in [9.17, 15) is 9.18 Å². The second-order valence-electron chi connectivity index (χ2n) is 5.87. The highest BCUT2D eigenvalue weighted by atomic mass is 19.1. The van der Waals surface area contributed by atoms with Gasteiger partial charge in [0.1, 0.15) is 0 Å². The number of rotatable bonds is 3. The minimum absolute atomic E-state index is 0.207. The molecule has 5 nitrogen and oxygen atoms in total. The van der Waals surface area contributed by atoms with E-state index >= 15 is 0 Å². The van der Waals surface area contributed by atoms with Gasteiger partial charge in [-0.3, -0.25) is 4.98 Å². The molecule has 1 atom stereocenters. The van der Waals surface area contributed by atoms with Crippen molar-refractivity contribution < 1.29 is 13.9 Å². The van der Waals surface area contributed by atoms with Gasteiger partial charge in [0.2, 0.25) is 0 Å². The zero-order valence-electron chi connectivity index (χ0n) is 13.5. The number of nitrogens with zero attached hydrogens (tertiary/aromatic N) is 2. The first-order valence-corrected chi connectivity index (χ1v) is 7.97. The molecule has 1 unspecified atom stereocenters. The van der Waals surface area contributed by atoms with E-state index < -0.39 is 5.82 Å². The zero-order valence-corrected chi connectivity index (χ0v) is 13.5. The Morgan fingerprint density at radius 1 is 1.42 bits per heavy atom. The van der Waals surface area contributed by atoms with Crippen molar-refractivity contribution in [3.8, 4) is 5.75 Å². The molecule has 0 bridgehead atoms. The third kappa shape index (κ3) is 3.64. The molecule has 24 heavy (non-hydrogen) atoms.